The van der Waals surface area contributed by atoms with Gasteiger partial charge in [0.15, 0.2) is 0 Å². The molecular weight excluding hydrogens is 152 g/mol. The van der Waals surface area contributed by atoms with E-state index in [2.05, 4.69) is 31.2 Å². The van der Waals surface area contributed by atoms with Gasteiger partial charge in [0.1, 0.15) is 10.5 Å². The standard InChI is InChI=1S/C9H14OSi/c1-8(7-10-11)9-5-3-2-4-6-9/h2-6,8H,7H2,1,11H3. The number of rotatable bonds is 3. The van der Waals surface area contributed by atoms with E-state index < -0.39 is 0 Å². The van der Waals surface area contributed by atoms with Crippen LogP contribution >= 0.6 is 0 Å². The predicted octanol–water partition coefficient (Wildman–Crippen LogP) is 1.09. The van der Waals surface area contributed by atoms with Gasteiger partial charge in [-0.2, -0.15) is 0 Å². The van der Waals surface area contributed by atoms with Gasteiger partial charge in [-0.25, -0.2) is 0 Å². The molecule has 1 aromatic rings. The molecule has 0 saturated carbocycles. The molecule has 0 fully saturated rings. The van der Waals surface area contributed by atoms with Crippen molar-refractivity contribution in [1.82, 2.24) is 0 Å². The van der Waals surface area contributed by atoms with E-state index in [-0.39, 0.29) is 0 Å². The Bertz CT molecular complexity index is 198. The van der Waals surface area contributed by atoms with Crippen LogP contribution in [0.25, 0.3) is 0 Å². The fraction of sp³-hybridized carbons (Fsp3) is 0.333. The topological polar surface area (TPSA) is 9.23 Å². The van der Waals surface area contributed by atoms with E-state index in [1.807, 2.05) is 6.07 Å². The molecule has 1 atom stereocenters. The Labute approximate surface area is 70.9 Å². The number of hydrogen-bond acceptors (Lipinski definition) is 1. The lowest BCUT2D eigenvalue weighted by atomic mass is 10.0. The van der Waals surface area contributed by atoms with Gasteiger partial charge in [0.25, 0.3) is 0 Å². The van der Waals surface area contributed by atoms with Crippen molar-refractivity contribution >= 4 is 10.5 Å². The van der Waals surface area contributed by atoms with Crippen molar-refractivity contribution in [3.8, 4) is 0 Å². The van der Waals surface area contributed by atoms with Crippen molar-refractivity contribution in [1.29, 1.82) is 0 Å². The highest BCUT2D eigenvalue weighted by Crippen LogP contribution is 2.13. The van der Waals surface area contributed by atoms with Crippen LogP contribution in [-0.2, 0) is 4.43 Å². The van der Waals surface area contributed by atoms with Crippen LogP contribution in [0.5, 0.6) is 0 Å². The van der Waals surface area contributed by atoms with Crippen molar-refractivity contribution < 1.29 is 4.43 Å². The summed E-state index contributed by atoms with van der Waals surface area (Å²) in [5, 5.41) is 0. The molecule has 1 aromatic carbocycles. The predicted molar refractivity (Wildman–Crippen MR) is 50.7 cm³/mol. The molecule has 0 heterocycles. The van der Waals surface area contributed by atoms with Crippen LogP contribution in [0.1, 0.15) is 18.4 Å². The van der Waals surface area contributed by atoms with Crippen molar-refractivity contribution in [2.75, 3.05) is 6.61 Å². The fourth-order valence-corrected chi connectivity index (χ4v) is 1.63. The number of hydrogen-bond donors (Lipinski definition) is 0. The van der Waals surface area contributed by atoms with E-state index in [1.165, 1.54) is 5.56 Å². The van der Waals surface area contributed by atoms with E-state index in [4.69, 9.17) is 4.43 Å². The molecule has 0 bridgehead atoms. The average Bonchev–Trinajstić information content (AvgIpc) is 2.07. The van der Waals surface area contributed by atoms with Crippen LogP contribution in [0.15, 0.2) is 30.3 Å². The van der Waals surface area contributed by atoms with Gasteiger partial charge in [0.05, 0.1) is 0 Å². The fourth-order valence-electron chi connectivity index (χ4n) is 1.13. The molecule has 0 amide bonds. The second-order valence-corrected chi connectivity index (χ2v) is 3.34. The quantitative estimate of drug-likeness (QED) is 0.611. The average molecular weight is 166 g/mol. The molecule has 0 aliphatic carbocycles. The summed E-state index contributed by atoms with van der Waals surface area (Å²) in [7, 11) is 0.838. The first-order valence-corrected chi connectivity index (χ1v) is 4.70. The van der Waals surface area contributed by atoms with Crippen molar-refractivity contribution in [2.24, 2.45) is 0 Å². The Morgan fingerprint density at radius 3 is 2.55 bits per heavy atom. The lowest BCUT2D eigenvalue weighted by Gasteiger charge is -2.09. The summed E-state index contributed by atoms with van der Waals surface area (Å²) in [6.45, 7) is 3.05. The summed E-state index contributed by atoms with van der Waals surface area (Å²) in [4.78, 5) is 0. The first-order valence-electron chi connectivity index (χ1n) is 3.88. The summed E-state index contributed by atoms with van der Waals surface area (Å²) in [5.41, 5.74) is 1.36. The highest BCUT2D eigenvalue weighted by molar-refractivity contribution is 5.97. The maximum absolute atomic E-state index is 5.20. The van der Waals surface area contributed by atoms with Crippen molar-refractivity contribution in [2.45, 2.75) is 12.8 Å². The maximum atomic E-state index is 5.20. The molecule has 1 unspecified atom stereocenters. The van der Waals surface area contributed by atoms with Crippen LogP contribution in [-0.4, -0.2) is 17.1 Å². The largest absolute Gasteiger partial charge is 0.427 e. The summed E-state index contributed by atoms with van der Waals surface area (Å²) < 4.78 is 5.20. The SMILES string of the molecule is CC(CO[SiH3])c1ccccc1. The van der Waals surface area contributed by atoms with Crippen LogP contribution in [0.3, 0.4) is 0 Å². The Hall–Kier alpha value is -0.603. The highest BCUT2D eigenvalue weighted by atomic mass is 28.2. The van der Waals surface area contributed by atoms with Gasteiger partial charge in [0.2, 0.25) is 0 Å². The minimum atomic E-state index is 0.536. The Morgan fingerprint density at radius 2 is 2.00 bits per heavy atom. The first-order chi connectivity index (χ1) is 5.34. The Kier molecular flexibility index (Phi) is 3.33. The van der Waals surface area contributed by atoms with E-state index in [1.54, 1.807) is 0 Å². The van der Waals surface area contributed by atoms with Crippen LogP contribution in [0, 0.1) is 0 Å². The molecule has 11 heavy (non-hydrogen) atoms. The smallest absolute Gasteiger partial charge is 0.145 e. The van der Waals surface area contributed by atoms with E-state index >= 15 is 0 Å². The second-order valence-electron chi connectivity index (χ2n) is 2.77. The normalized spacial score (nSPS) is 13.2. The van der Waals surface area contributed by atoms with E-state index in [9.17, 15) is 0 Å². The van der Waals surface area contributed by atoms with Gasteiger partial charge in [0, 0.05) is 12.5 Å². The first kappa shape index (κ1) is 8.49. The Balaban J connectivity index is 2.61. The van der Waals surface area contributed by atoms with E-state index in [0.717, 1.165) is 17.1 Å². The monoisotopic (exact) mass is 166 g/mol. The molecule has 2 heteroatoms. The van der Waals surface area contributed by atoms with Gasteiger partial charge in [-0.1, -0.05) is 37.3 Å². The van der Waals surface area contributed by atoms with Crippen LogP contribution in [0.2, 0.25) is 0 Å². The summed E-state index contributed by atoms with van der Waals surface area (Å²) in [6.07, 6.45) is 0. The van der Waals surface area contributed by atoms with Crippen molar-refractivity contribution in [3.63, 3.8) is 0 Å². The molecule has 0 N–H and O–H groups in total. The highest BCUT2D eigenvalue weighted by Gasteiger charge is 2.01. The summed E-state index contributed by atoms with van der Waals surface area (Å²) >= 11 is 0. The molecule has 0 radical (unpaired) electrons. The maximum Gasteiger partial charge on any atom is 0.145 e. The van der Waals surface area contributed by atoms with E-state index in [0.29, 0.717) is 5.92 Å². The zero-order valence-corrected chi connectivity index (χ0v) is 9.08. The Morgan fingerprint density at radius 1 is 1.36 bits per heavy atom. The zero-order valence-electron chi connectivity index (χ0n) is 7.08. The van der Waals surface area contributed by atoms with Gasteiger partial charge in [-0.3, -0.25) is 0 Å². The van der Waals surface area contributed by atoms with Crippen LogP contribution < -0.4 is 0 Å². The molecule has 1 nitrogen and oxygen atoms in total. The third-order valence-corrected chi connectivity index (χ3v) is 2.12. The molecule has 0 aliphatic rings. The van der Waals surface area contributed by atoms with Crippen molar-refractivity contribution in [3.05, 3.63) is 35.9 Å². The van der Waals surface area contributed by atoms with Gasteiger partial charge in [-0.15, -0.1) is 0 Å². The molecule has 0 aromatic heterocycles. The second kappa shape index (κ2) is 4.31. The molecule has 0 aliphatic heterocycles. The summed E-state index contributed by atoms with van der Waals surface area (Å²) in [6, 6.07) is 10.5. The molecule has 60 valence electrons. The lowest BCUT2D eigenvalue weighted by molar-refractivity contribution is 0.324. The molecular formula is C9H14OSi. The summed E-state index contributed by atoms with van der Waals surface area (Å²) in [5.74, 6) is 0.536. The van der Waals surface area contributed by atoms with Gasteiger partial charge in [-0.05, 0) is 5.56 Å². The minimum Gasteiger partial charge on any atom is -0.427 e. The molecule has 1 rings (SSSR count). The van der Waals surface area contributed by atoms with Gasteiger partial charge >= 0.3 is 0 Å². The van der Waals surface area contributed by atoms with Gasteiger partial charge < -0.3 is 4.43 Å². The third-order valence-electron chi connectivity index (χ3n) is 1.79. The number of benzene rings is 1. The molecule has 0 saturated heterocycles. The van der Waals surface area contributed by atoms with Crippen LogP contribution in [0.4, 0.5) is 0 Å². The molecule has 0 spiro atoms. The lowest BCUT2D eigenvalue weighted by Crippen LogP contribution is -2.01. The minimum absolute atomic E-state index is 0.536. The zero-order chi connectivity index (χ0) is 8.10. The third kappa shape index (κ3) is 2.48.